The highest BCUT2D eigenvalue weighted by molar-refractivity contribution is 6.31. The highest BCUT2D eigenvalue weighted by Gasteiger charge is 2.38. The number of anilines is 2. The number of rotatable bonds is 2. The van der Waals surface area contributed by atoms with Crippen molar-refractivity contribution in [1.29, 1.82) is 0 Å². The molecule has 0 aliphatic carbocycles. The number of aliphatic hydroxyl groups excluding tert-OH is 1. The standard InChI is InChI=1S/C14H12ClN3O3/c15-9-6-7-12(19)11(8-9)18-14(21)17(13(20)16-18)10-4-2-1-3-5-10/h1-8,13,16,19-20H. The van der Waals surface area contributed by atoms with Crippen LogP contribution in [0.15, 0.2) is 48.5 Å². The van der Waals surface area contributed by atoms with Crippen molar-refractivity contribution in [2.75, 3.05) is 9.91 Å². The maximum Gasteiger partial charge on any atom is 0.347 e. The Balaban J connectivity index is 1.97. The Bertz CT molecular complexity index is 680. The zero-order valence-corrected chi connectivity index (χ0v) is 11.5. The maximum absolute atomic E-state index is 12.5. The number of carbonyl (C=O) groups is 1. The predicted octanol–water partition coefficient (Wildman–Crippen LogP) is 2.27. The minimum Gasteiger partial charge on any atom is -0.506 e. The third kappa shape index (κ3) is 2.40. The van der Waals surface area contributed by atoms with Crippen LogP contribution in [0, 0.1) is 0 Å². The van der Waals surface area contributed by atoms with Crippen LogP contribution in [0.4, 0.5) is 16.2 Å². The number of hydrogen-bond donors (Lipinski definition) is 3. The molecule has 21 heavy (non-hydrogen) atoms. The highest BCUT2D eigenvalue weighted by atomic mass is 35.5. The quantitative estimate of drug-likeness (QED) is 0.795. The summed E-state index contributed by atoms with van der Waals surface area (Å²) in [6.07, 6.45) is -1.24. The zero-order chi connectivity index (χ0) is 15.0. The van der Waals surface area contributed by atoms with Crippen molar-refractivity contribution in [3.05, 3.63) is 53.6 Å². The smallest absolute Gasteiger partial charge is 0.347 e. The Morgan fingerprint density at radius 3 is 2.57 bits per heavy atom. The molecule has 1 heterocycles. The van der Waals surface area contributed by atoms with E-state index in [9.17, 15) is 15.0 Å². The molecule has 3 N–H and O–H groups in total. The number of aliphatic hydroxyl groups is 1. The number of amides is 2. The van der Waals surface area contributed by atoms with Gasteiger partial charge in [-0.1, -0.05) is 29.8 Å². The molecule has 0 saturated carbocycles. The Morgan fingerprint density at radius 1 is 1.14 bits per heavy atom. The molecule has 1 unspecified atom stereocenters. The summed E-state index contributed by atoms with van der Waals surface area (Å²) in [5, 5.41) is 21.3. The summed E-state index contributed by atoms with van der Waals surface area (Å²) < 4.78 is 0. The summed E-state index contributed by atoms with van der Waals surface area (Å²) in [7, 11) is 0. The van der Waals surface area contributed by atoms with Crippen molar-refractivity contribution >= 4 is 29.0 Å². The Hall–Kier alpha value is -2.28. The summed E-state index contributed by atoms with van der Waals surface area (Å²) >= 11 is 5.88. The predicted molar refractivity (Wildman–Crippen MR) is 79.1 cm³/mol. The molecule has 1 aliphatic rings. The van der Waals surface area contributed by atoms with Gasteiger partial charge in [-0.2, -0.15) is 5.43 Å². The second-order valence-electron chi connectivity index (χ2n) is 4.46. The number of urea groups is 1. The van der Waals surface area contributed by atoms with Crippen molar-refractivity contribution in [2.45, 2.75) is 6.35 Å². The van der Waals surface area contributed by atoms with E-state index in [0.717, 1.165) is 5.01 Å². The van der Waals surface area contributed by atoms with E-state index in [0.29, 0.717) is 10.7 Å². The van der Waals surface area contributed by atoms with Gasteiger partial charge < -0.3 is 10.2 Å². The van der Waals surface area contributed by atoms with Gasteiger partial charge in [0.2, 0.25) is 6.35 Å². The number of phenols is 1. The summed E-state index contributed by atoms with van der Waals surface area (Å²) in [6.45, 7) is 0. The van der Waals surface area contributed by atoms with Crippen LogP contribution in [-0.4, -0.2) is 22.6 Å². The van der Waals surface area contributed by atoms with Crippen LogP contribution in [-0.2, 0) is 0 Å². The third-order valence-electron chi connectivity index (χ3n) is 3.10. The largest absolute Gasteiger partial charge is 0.506 e. The van der Waals surface area contributed by atoms with Crippen LogP contribution in [0.3, 0.4) is 0 Å². The summed E-state index contributed by atoms with van der Waals surface area (Å²) in [6, 6.07) is 12.5. The lowest BCUT2D eigenvalue weighted by Crippen LogP contribution is -2.37. The number of benzene rings is 2. The van der Waals surface area contributed by atoms with Gasteiger partial charge in [0.15, 0.2) is 0 Å². The van der Waals surface area contributed by atoms with Gasteiger partial charge in [-0.15, -0.1) is 0 Å². The molecule has 0 radical (unpaired) electrons. The monoisotopic (exact) mass is 305 g/mol. The van der Waals surface area contributed by atoms with E-state index in [-0.39, 0.29) is 11.4 Å². The molecule has 2 amide bonds. The Labute approximate surface area is 125 Å². The van der Waals surface area contributed by atoms with Crippen LogP contribution in [0.5, 0.6) is 5.75 Å². The minimum absolute atomic E-state index is 0.123. The first-order valence-corrected chi connectivity index (χ1v) is 6.57. The first-order valence-electron chi connectivity index (χ1n) is 6.19. The number of nitrogens with zero attached hydrogens (tertiary/aromatic N) is 2. The van der Waals surface area contributed by atoms with E-state index >= 15 is 0 Å². The van der Waals surface area contributed by atoms with Gasteiger partial charge in [-0.25, -0.2) is 9.80 Å². The molecular weight excluding hydrogens is 294 g/mol. The molecule has 108 valence electrons. The van der Waals surface area contributed by atoms with E-state index in [1.807, 2.05) is 6.07 Å². The molecule has 6 nitrogen and oxygen atoms in total. The zero-order valence-electron chi connectivity index (χ0n) is 10.8. The van der Waals surface area contributed by atoms with E-state index in [2.05, 4.69) is 5.43 Å². The highest BCUT2D eigenvalue weighted by Crippen LogP contribution is 2.33. The molecular formula is C14H12ClN3O3. The maximum atomic E-state index is 12.5. The molecule has 1 saturated heterocycles. The molecule has 7 heteroatoms. The van der Waals surface area contributed by atoms with Crippen molar-refractivity contribution in [3.63, 3.8) is 0 Å². The van der Waals surface area contributed by atoms with Gasteiger partial charge in [-0.05, 0) is 30.3 Å². The van der Waals surface area contributed by atoms with E-state index in [1.165, 1.54) is 23.1 Å². The molecule has 2 aromatic carbocycles. The molecule has 0 spiro atoms. The number of hydrazine groups is 1. The fraction of sp³-hybridized carbons (Fsp3) is 0.0714. The number of phenolic OH excluding ortho intramolecular Hbond substituents is 1. The first kappa shape index (κ1) is 13.7. The first-order chi connectivity index (χ1) is 10.1. The lowest BCUT2D eigenvalue weighted by atomic mass is 10.3. The van der Waals surface area contributed by atoms with Crippen LogP contribution in [0.25, 0.3) is 0 Å². The van der Waals surface area contributed by atoms with Gasteiger partial charge in [-0.3, -0.25) is 4.90 Å². The summed E-state index contributed by atoms with van der Waals surface area (Å²) in [5.41, 5.74) is 3.29. The number of hydrogen-bond acceptors (Lipinski definition) is 4. The van der Waals surface area contributed by atoms with E-state index in [1.54, 1.807) is 24.3 Å². The van der Waals surface area contributed by atoms with E-state index < -0.39 is 12.4 Å². The average molecular weight is 306 g/mol. The number of para-hydroxylation sites is 1. The van der Waals surface area contributed by atoms with Crippen LogP contribution in [0.1, 0.15) is 0 Å². The molecule has 1 atom stereocenters. The van der Waals surface area contributed by atoms with Gasteiger partial charge in [0.1, 0.15) is 11.4 Å². The van der Waals surface area contributed by atoms with Crippen LogP contribution >= 0.6 is 11.6 Å². The van der Waals surface area contributed by atoms with Gasteiger partial charge in [0.25, 0.3) is 0 Å². The van der Waals surface area contributed by atoms with E-state index in [4.69, 9.17) is 11.6 Å². The molecule has 0 bridgehead atoms. The fourth-order valence-electron chi connectivity index (χ4n) is 2.13. The second kappa shape index (κ2) is 5.25. The van der Waals surface area contributed by atoms with Crippen LogP contribution < -0.4 is 15.3 Å². The Morgan fingerprint density at radius 2 is 1.86 bits per heavy atom. The van der Waals surface area contributed by atoms with Crippen molar-refractivity contribution in [3.8, 4) is 5.75 Å². The van der Waals surface area contributed by atoms with Crippen molar-refractivity contribution in [2.24, 2.45) is 0 Å². The Kier molecular flexibility index (Phi) is 3.42. The number of aromatic hydroxyl groups is 1. The van der Waals surface area contributed by atoms with Gasteiger partial charge in [0.05, 0.1) is 0 Å². The second-order valence-corrected chi connectivity index (χ2v) is 4.90. The van der Waals surface area contributed by atoms with Crippen molar-refractivity contribution in [1.82, 2.24) is 5.43 Å². The molecule has 1 fully saturated rings. The molecule has 3 rings (SSSR count). The SMILES string of the molecule is O=C1N(c2cc(Cl)ccc2O)NC(O)N1c1ccccc1. The third-order valence-corrected chi connectivity index (χ3v) is 3.33. The summed E-state index contributed by atoms with van der Waals surface area (Å²) in [5.74, 6) is -0.123. The van der Waals surface area contributed by atoms with Gasteiger partial charge >= 0.3 is 6.03 Å². The topological polar surface area (TPSA) is 76.0 Å². The number of carbonyl (C=O) groups excluding carboxylic acids is 1. The summed E-state index contributed by atoms with van der Waals surface area (Å²) in [4.78, 5) is 13.6. The average Bonchev–Trinajstić information content (AvgIpc) is 2.77. The lowest BCUT2D eigenvalue weighted by Gasteiger charge is -2.18. The van der Waals surface area contributed by atoms with Crippen LogP contribution in [0.2, 0.25) is 5.02 Å². The normalized spacial score (nSPS) is 18.4. The molecule has 1 aliphatic heterocycles. The fourth-order valence-corrected chi connectivity index (χ4v) is 2.30. The van der Waals surface area contributed by atoms with Crippen molar-refractivity contribution < 1.29 is 15.0 Å². The molecule has 0 aromatic heterocycles. The minimum atomic E-state index is -1.24. The molecule has 2 aromatic rings. The number of halogens is 1. The number of nitrogens with one attached hydrogen (secondary N) is 1. The lowest BCUT2D eigenvalue weighted by molar-refractivity contribution is 0.161. The van der Waals surface area contributed by atoms with Gasteiger partial charge in [0, 0.05) is 10.7 Å².